The fourth-order valence-electron chi connectivity index (χ4n) is 1.84. The van der Waals surface area contributed by atoms with E-state index in [0.29, 0.717) is 12.1 Å². The lowest BCUT2D eigenvalue weighted by molar-refractivity contribution is 0.172. The summed E-state index contributed by atoms with van der Waals surface area (Å²) >= 11 is 3.36. The molecule has 0 aliphatic heterocycles. The number of aryl methyl sites for hydroxylation is 1. The average Bonchev–Trinajstić information content (AvgIpc) is 2.33. The molecule has 0 saturated heterocycles. The van der Waals surface area contributed by atoms with Crippen LogP contribution in [0.2, 0.25) is 0 Å². The summed E-state index contributed by atoms with van der Waals surface area (Å²) in [6.45, 7) is 1.83. The normalized spacial score (nSPS) is 12.4. The van der Waals surface area contributed by atoms with Gasteiger partial charge in [-0.25, -0.2) is 4.39 Å². The Morgan fingerprint density at radius 2 is 2.17 bits per heavy atom. The minimum Gasteiger partial charge on any atom is -0.386 e. The predicted molar refractivity (Wildman–Crippen MR) is 71.7 cm³/mol. The molecular formula is C14H13BrFNO. The maximum Gasteiger partial charge on any atom is 0.123 e. The Hall–Kier alpha value is -1.26. The van der Waals surface area contributed by atoms with Crippen molar-refractivity contribution in [3.8, 4) is 0 Å². The van der Waals surface area contributed by atoms with E-state index >= 15 is 0 Å². The van der Waals surface area contributed by atoms with Crippen molar-refractivity contribution < 1.29 is 9.50 Å². The lowest BCUT2D eigenvalue weighted by Gasteiger charge is -2.13. The first kappa shape index (κ1) is 13.2. The Balaban J connectivity index is 2.21. The highest BCUT2D eigenvalue weighted by atomic mass is 79.9. The quantitative estimate of drug-likeness (QED) is 0.940. The molecule has 1 aromatic carbocycles. The highest BCUT2D eigenvalue weighted by Gasteiger charge is 2.14. The summed E-state index contributed by atoms with van der Waals surface area (Å²) in [5, 5.41) is 10.2. The molecule has 0 amide bonds. The smallest absolute Gasteiger partial charge is 0.123 e. The van der Waals surface area contributed by atoms with Crippen LogP contribution in [0.5, 0.6) is 0 Å². The van der Waals surface area contributed by atoms with Crippen LogP contribution in [0.25, 0.3) is 0 Å². The first-order chi connectivity index (χ1) is 8.58. The van der Waals surface area contributed by atoms with Crippen LogP contribution in [-0.4, -0.2) is 10.1 Å². The maximum atomic E-state index is 13.0. The number of aliphatic hydroxyl groups excluding tert-OH is 1. The number of aliphatic hydroxyl groups is 1. The van der Waals surface area contributed by atoms with Crippen LogP contribution in [0, 0.1) is 12.7 Å². The van der Waals surface area contributed by atoms with Crippen LogP contribution in [0.3, 0.4) is 0 Å². The first-order valence-corrected chi connectivity index (χ1v) is 6.40. The second-order valence-electron chi connectivity index (χ2n) is 4.16. The number of benzene rings is 1. The van der Waals surface area contributed by atoms with E-state index in [9.17, 15) is 9.50 Å². The van der Waals surface area contributed by atoms with Gasteiger partial charge >= 0.3 is 0 Å². The minimum absolute atomic E-state index is 0.259. The lowest BCUT2D eigenvalue weighted by atomic mass is 10.0. The Bertz CT molecular complexity index is 559. The lowest BCUT2D eigenvalue weighted by Crippen LogP contribution is -2.06. The second-order valence-corrected chi connectivity index (χ2v) is 5.02. The minimum atomic E-state index is -0.704. The highest BCUT2D eigenvalue weighted by Crippen LogP contribution is 2.25. The Morgan fingerprint density at radius 3 is 2.83 bits per heavy atom. The van der Waals surface area contributed by atoms with Crippen molar-refractivity contribution in [1.29, 1.82) is 0 Å². The van der Waals surface area contributed by atoms with Crippen molar-refractivity contribution in [2.24, 2.45) is 0 Å². The van der Waals surface area contributed by atoms with Gasteiger partial charge in [-0.3, -0.25) is 4.98 Å². The first-order valence-electron chi connectivity index (χ1n) is 5.61. The number of hydrogen-bond donors (Lipinski definition) is 1. The zero-order chi connectivity index (χ0) is 13.1. The number of nitrogens with zero attached hydrogens (tertiary/aromatic N) is 1. The van der Waals surface area contributed by atoms with E-state index in [1.54, 1.807) is 18.3 Å². The molecule has 2 aromatic rings. The van der Waals surface area contributed by atoms with Gasteiger partial charge in [0.1, 0.15) is 11.9 Å². The van der Waals surface area contributed by atoms with Crippen LogP contribution in [0.15, 0.2) is 41.0 Å². The number of rotatable bonds is 3. The standard InChI is InChI=1S/C14H13BrFNO/c1-9-7-11(16)5-4-10(9)8-13(18)14-12(15)3-2-6-17-14/h2-7,13,18H,8H2,1H3. The number of pyridine rings is 1. The summed E-state index contributed by atoms with van der Waals surface area (Å²) in [5.41, 5.74) is 2.35. The van der Waals surface area contributed by atoms with Crippen LogP contribution < -0.4 is 0 Å². The summed E-state index contributed by atoms with van der Waals surface area (Å²) in [6, 6.07) is 8.20. The zero-order valence-electron chi connectivity index (χ0n) is 9.90. The van der Waals surface area contributed by atoms with Crippen LogP contribution in [0.4, 0.5) is 4.39 Å². The van der Waals surface area contributed by atoms with E-state index in [0.717, 1.165) is 15.6 Å². The molecule has 0 fully saturated rings. The van der Waals surface area contributed by atoms with Gasteiger partial charge in [0.15, 0.2) is 0 Å². The van der Waals surface area contributed by atoms with Crippen molar-refractivity contribution in [3.63, 3.8) is 0 Å². The molecule has 0 radical (unpaired) electrons. The Morgan fingerprint density at radius 1 is 1.39 bits per heavy atom. The molecule has 94 valence electrons. The predicted octanol–water partition coefficient (Wildman–Crippen LogP) is 3.57. The summed E-state index contributed by atoms with van der Waals surface area (Å²) in [7, 11) is 0. The van der Waals surface area contributed by atoms with Crippen LogP contribution >= 0.6 is 15.9 Å². The molecular weight excluding hydrogens is 297 g/mol. The van der Waals surface area contributed by atoms with Gasteiger partial charge in [0.2, 0.25) is 0 Å². The molecule has 0 saturated carbocycles. The summed E-state index contributed by atoms with van der Waals surface area (Å²) in [4.78, 5) is 4.15. The van der Waals surface area contributed by atoms with E-state index in [1.165, 1.54) is 12.1 Å². The van der Waals surface area contributed by atoms with Crippen molar-refractivity contribution >= 4 is 15.9 Å². The molecule has 4 heteroatoms. The molecule has 2 rings (SSSR count). The number of hydrogen-bond acceptors (Lipinski definition) is 2. The molecule has 1 unspecified atom stereocenters. The van der Waals surface area contributed by atoms with E-state index in [1.807, 2.05) is 13.0 Å². The maximum absolute atomic E-state index is 13.0. The van der Waals surface area contributed by atoms with E-state index in [2.05, 4.69) is 20.9 Å². The van der Waals surface area contributed by atoms with Crippen molar-refractivity contribution in [2.75, 3.05) is 0 Å². The highest BCUT2D eigenvalue weighted by molar-refractivity contribution is 9.10. The van der Waals surface area contributed by atoms with E-state index in [-0.39, 0.29) is 5.82 Å². The van der Waals surface area contributed by atoms with Gasteiger partial charge in [0.25, 0.3) is 0 Å². The topological polar surface area (TPSA) is 33.1 Å². The van der Waals surface area contributed by atoms with Gasteiger partial charge in [-0.2, -0.15) is 0 Å². The molecule has 0 aliphatic carbocycles. The summed E-state index contributed by atoms with van der Waals surface area (Å²) < 4.78 is 13.8. The SMILES string of the molecule is Cc1cc(F)ccc1CC(O)c1ncccc1Br. The van der Waals surface area contributed by atoms with E-state index in [4.69, 9.17) is 0 Å². The number of halogens is 2. The molecule has 18 heavy (non-hydrogen) atoms. The molecule has 0 bridgehead atoms. The molecule has 2 nitrogen and oxygen atoms in total. The molecule has 1 heterocycles. The molecule has 1 atom stereocenters. The van der Waals surface area contributed by atoms with E-state index < -0.39 is 6.10 Å². The summed E-state index contributed by atoms with van der Waals surface area (Å²) in [6.07, 6.45) is 1.35. The third-order valence-corrected chi connectivity index (χ3v) is 3.49. The van der Waals surface area contributed by atoms with Gasteiger partial charge in [-0.1, -0.05) is 6.07 Å². The second kappa shape index (κ2) is 5.59. The largest absolute Gasteiger partial charge is 0.386 e. The fraction of sp³-hybridized carbons (Fsp3) is 0.214. The van der Waals surface area contributed by atoms with Crippen molar-refractivity contribution in [3.05, 3.63) is 63.6 Å². The zero-order valence-corrected chi connectivity index (χ0v) is 11.5. The molecule has 0 aliphatic rings. The Labute approximate surface area is 114 Å². The van der Waals surface area contributed by atoms with Gasteiger partial charge in [0, 0.05) is 17.1 Å². The van der Waals surface area contributed by atoms with Crippen molar-refractivity contribution in [1.82, 2.24) is 4.98 Å². The number of aromatic nitrogens is 1. The molecule has 1 N–H and O–H groups in total. The van der Waals surface area contributed by atoms with Gasteiger partial charge in [0.05, 0.1) is 5.69 Å². The third-order valence-electron chi connectivity index (χ3n) is 2.82. The fourth-order valence-corrected chi connectivity index (χ4v) is 2.36. The third kappa shape index (κ3) is 2.94. The molecule has 0 spiro atoms. The van der Waals surface area contributed by atoms with Gasteiger partial charge in [-0.05, 0) is 58.2 Å². The monoisotopic (exact) mass is 309 g/mol. The van der Waals surface area contributed by atoms with Gasteiger partial charge < -0.3 is 5.11 Å². The van der Waals surface area contributed by atoms with Gasteiger partial charge in [-0.15, -0.1) is 0 Å². The van der Waals surface area contributed by atoms with Crippen molar-refractivity contribution in [2.45, 2.75) is 19.4 Å². The molecule has 1 aromatic heterocycles. The summed E-state index contributed by atoms with van der Waals surface area (Å²) in [5.74, 6) is -0.259. The average molecular weight is 310 g/mol. The van der Waals surface area contributed by atoms with Crippen LogP contribution in [0.1, 0.15) is 22.9 Å². The Kier molecular flexibility index (Phi) is 4.09. The van der Waals surface area contributed by atoms with Crippen LogP contribution in [-0.2, 0) is 6.42 Å².